The van der Waals surface area contributed by atoms with Crippen LogP contribution in [0.4, 0.5) is 13.2 Å². The summed E-state index contributed by atoms with van der Waals surface area (Å²) in [6, 6.07) is 3.67. The minimum absolute atomic E-state index is 0.0512. The van der Waals surface area contributed by atoms with Crippen LogP contribution in [0.15, 0.2) is 22.8 Å². The predicted molar refractivity (Wildman–Crippen MR) is 73.2 cm³/mol. The lowest BCUT2D eigenvalue weighted by Crippen LogP contribution is -2.39. The minimum Gasteiger partial charge on any atom is -0.469 e. The summed E-state index contributed by atoms with van der Waals surface area (Å²) in [6.45, 7) is 0.678. The van der Waals surface area contributed by atoms with Crippen LogP contribution in [0.1, 0.15) is 24.5 Å². The fourth-order valence-electron chi connectivity index (χ4n) is 3.12. The third-order valence-electron chi connectivity index (χ3n) is 4.32. The number of carbonyl (C=O) groups excluding carboxylic acids is 1. The zero-order valence-electron chi connectivity index (χ0n) is 12.2. The summed E-state index contributed by atoms with van der Waals surface area (Å²) >= 11 is 0. The molecule has 3 rings (SSSR count). The van der Waals surface area contributed by atoms with Crippen molar-refractivity contribution in [2.45, 2.75) is 24.9 Å². The molecule has 4 nitrogen and oxygen atoms in total. The molecule has 7 heteroatoms. The summed E-state index contributed by atoms with van der Waals surface area (Å²) < 4.78 is 42.6. The topological polar surface area (TPSA) is 36.7 Å². The highest BCUT2D eigenvalue weighted by Crippen LogP contribution is 2.48. The van der Waals surface area contributed by atoms with Gasteiger partial charge in [0.05, 0.1) is 12.8 Å². The maximum absolute atomic E-state index is 12.5. The van der Waals surface area contributed by atoms with E-state index in [2.05, 4.69) is 0 Å². The highest BCUT2D eigenvalue weighted by atomic mass is 19.4. The van der Waals surface area contributed by atoms with Crippen molar-refractivity contribution in [1.82, 2.24) is 9.80 Å². The van der Waals surface area contributed by atoms with Gasteiger partial charge in [0.1, 0.15) is 5.76 Å². The third kappa shape index (κ3) is 3.63. The number of furan rings is 1. The van der Waals surface area contributed by atoms with Gasteiger partial charge in [-0.25, -0.2) is 0 Å². The molecule has 1 saturated carbocycles. The second kappa shape index (κ2) is 5.95. The van der Waals surface area contributed by atoms with E-state index in [1.807, 2.05) is 6.07 Å². The first-order valence-electron chi connectivity index (χ1n) is 7.55. The minimum atomic E-state index is -4.18. The van der Waals surface area contributed by atoms with Crippen LogP contribution in [0, 0.1) is 5.92 Å². The summed E-state index contributed by atoms with van der Waals surface area (Å²) in [6.07, 6.45) is -1.23. The average molecular weight is 316 g/mol. The molecule has 2 aliphatic rings. The van der Waals surface area contributed by atoms with E-state index in [9.17, 15) is 18.0 Å². The molecule has 1 amide bonds. The monoisotopic (exact) mass is 316 g/mol. The molecule has 2 fully saturated rings. The molecule has 1 aromatic rings. The van der Waals surface area contributed by atoms with Crippen LogP contribution in [-0.2, 0) is 4.79 Å². The van der Waals surface area contributed by atoms with Gasteiger partial charge in [-0.15, -0.1) is 0 Å². The van der Waals surface area contributed by atoms with Crippen LogP contribution in [0.2, 0.25) is 0 Å². The van der Waals surface area contributed by atoms with Crippen LogP contribution in [-0.4, -0.2) is 54.6 Å². The summed E-state index contributed by atoms with van der Waals surface area (Å²) in [5.74, 6) is 0.944. The Hall–Kier alpha value is -1.50. The zero-order valence-corrected chi connectivity index (χ0v) is 12.2. The number of hydrogen-bond donors (Lipinski definition) is 0. The van der Waals surface area contributed by atoms with E-state index in [1.54, 1.807) is 17.2 Å². The smallest absolute Gasteiger partial charge is 0.401 e. The van der Waals surface area contributed by atoms with Crippen molar-refractivity contribution in [3.05, 3.63) is 24.2 Å². The van der Waals surface area contributed by atoms with Crippen molar-refractivity contribution in [3.8, 4) is 0 Å². The Morgan fingerprint density at radius 1 is 1.27 bits per heavy atom. The van der Waals surface area contributed by atoms with Gasteiger partial charge in [0, 0.05) is 38.0 Å². The zero-order chi connectivity index (χ0) is 15.7. The van der Waals surface area contributed by atoms with Gasteiger partial charge >= 0.3 is 6.18 Å². The summed E-state index contributed by atoms with van der Waals surface area (Å²) in [7, 11) is 0. The Kier molecular flexibility index (Phi) is 4.16. The van der Waals surface area contributed by atoms with Crippen molar-refractivity contribution >= 4 is 5.91 Å². The van der Waals surface area contributed by atoms with E-state index in [1.165, 1.54) is 4.90 Å². The van der Waals surface area contributed by atoms with Crippen LogP contribution in [0.25, 0.3) is 0 Å². The Morgan fingerprint density at radius 2 is 2.09 bits per heavy atom. The lowest BCUT2D eigenvalue weighted by molar-refractivity contribution is -0.145. The normalized spacial score (nSPS) is 26.8. The lowest BCUT2D eigenvalue weighted by Gasteiger charge is -2.22. The van der Waals surface area contributed by atoms with E-state index in [0.717, 1.165) is 12.2 Å². The molecule has 1 aromatic heterocycles. The van der Waals surface area contributed by atoms with Gasteiger partial charge in [0.2, 0.25) is 5.91 Å². The van der Waals surface area contributed by atoms with Gasteiger partial charge in [-0.1, -0.05) is 0 Å². The molecule has 0 bridgehead atoms. The molecule has 22 heavy (non-hydrogen) atoms. The fraction of sp³-hybridized carbons (Fsp3) is 0.667. The first kappa shape index (κ1) is 15.4. The van der Waals surface area contributed by atoms with E-state index >= 15 is 0 Å². The lowest BCUT2D eigenvalue weighted by atomic mass is 10.2. The molecule has 2 atom stereocenters. The maximum Gasteiger partial charge on any atom is 0.401 e. The van der Waals surface area contributed by atoms with Gasteiger partial charge in [-0.3, -0.25) is 9.69 Å². The second-order valence-electron chi connectivity index (χ2n) is 6.03. The van der Waals surface area contributed by atoms with Gasteiger partial charge in [0.15, 0.2) is 0 Å². The molecular weight excluding hydrogens is 297 g/mol. The molecule has 1 aliphatic heterocycles. The Bertz CT molecular complexity index is 515. The molecule has 1 saturated heterocycles. The highest BCUT2D eigenvalue weighted by Gasteiger charge is 2.47. The van der Waals surface area contributed by atoms with Gasteiger partial charge in [-0.2, -0.15) is 13.2 Å². The Balaban J connectivity index is 1.52. The van der Waals surface area contributed by atoms with Crippen molar-refractivity contribution in [3.63, 3.8) is 0 Å². The molecule has 0 spiro atoms. The standard InChI is InChI=1S/C15H19F3N2O2/c16-15(17,18)10-19-4-2-5-20(7-6-19)14(21)12-9-11(12)13-3-1-8-22-13/h1,3,8,11-12H,2,4-7,9-10H2. The number of halogens is 3. The SMILES string of the molecule is O=C(C1CC1c1ccco1)N1CCCN(CC(F)(F)F)CC1. The summed E-state index contributed by atoms with van der Waals surface area (Å²) in [5, 5.41) is 0. The molecule has 122 valence electrons. The highest BCUT2D eigenvalue weighted by molar-refractivity contribution is 5.82. The second-order valence-corrected chi connectivity index (χ2v) is 6.03. The van der Waals surface area contributed by atoms with Crippen LogP contribution >= 0.6 is 0 Å². The van der Waals surface area contributed by atoms with Crippen LogP contribution in [0.3, 0.4) is 0 Å². The third-order valence-corrected chi connectivity index (χ3v) is 4.32. The fourth-order valence-corrected chi connectivity index (χ4v) is 3.12. The molecule has 0 N–H and O–H groups in total. The number of amides is 1. The molecule has 0 aromatic carbocycles. The molecule has 2 heterocycles. The number of alkyl halides is 3. The van der Waals surface area contributed by atoms with E-state index < -0.39 is 12.7 Å². The van der Waals surface area contributed by atoms with E-state index in [-0.39, 0.29) is 24.3 Å². The van der Waals surface area contributed by atoms with Gasteiger partial charge in [-0.05, 0) is 25.0 Å². The Morgan fingerprint density at radius 3 is 2.77 bits per heavy atom. The number of carbonyl (C=O) groups is 1. The van der Waals surface area contributed by atoms with Crippen molar-refractivity contribution in [2.24, 2.45) is 5.92 Å². The Labute approximate surface area is 126 Å². The average Bonchev–Trinajstić information content (AvgIpc) is 3.12. The van der Waals surface area contributed by atoms with Crippen LogP contribution in [0.5, 0.6) is 0 Å². The quantitative estimate of drug-likeness (QED) is 0.860. The maximum atomic E-state index is 12.5. The van der Waals surface area contributed by atoms with Crippen molar-refractivity contribution in [1.29, 1.82) is 0 Å². The number of rotatable bonds is 3. The van der Waals surface area contributed by atoms with Gasteiger partial charge < -0.3 is 9.32 Å². The van der Waals surface area contributed by atoms with Crippen molar-refractivity contribution in [2.75, 3.05) is 32.7 Å². The predicted octanol–water partition coefficient (Wildman–Crippen LogP) is 2.48. The molecular formula is C15H19F3N2O2. The number of hydrogen-bond acceptors (Lipinski definition) is 3. The first-order valence-corrected chi connectivity index (χ1v) is 7.55. The first-order chi connectivity index (χ1) is 10.4. The van der Waals surface area contributed by atoms with E-state index in [0.29, 0.717) is 26.1 Å². The molecule has 0 radical (unpaired) electrons. The molecule has 2 unspecified atom stereocenters. The molecule has 1 aliphatic carbocycles. The summed E-state index contributed by atoms with van der Waals surface area (Å²) in [5.41, 5.74) is 0. The van der Waals surface area contributed by atoms with Gasteiger partial charge in [0.25, 0.3) is 0 Å². The summed E-state index contributed by atoms with van der Waals surface area (Å²) in [4.78, 5) is 15.5. The van der Waals surface area contributed by atoms with E-state index in [4.69, 9.17) is 4.42 Å². The van der Waals surface area contributed by atoms with Crippen molar-refractivity contribution < 1.29 is 22.4 Å². The largest absolute Gasteiger partial charge is 0.469 e. The van der Waals surface area contributed by atoms with Crippen LogP contribution < -0.4 is 0 Å². The number of nitrogens with zero attached hydrogens (tertiary/aromatic N) is 2.